The maximum atomic E-state index is 12.3. The summed E-state index contributed by atoms with van der Waals surface area (Å²) < 4.78 is 5.53. The van der Waals surface area contributed by atoms with Gasteiger partial charge in [0.25, 0.3) is 0 Å². The number of ether oxygens (including phenoxy) is 1. The van der Waals surface area contributed by atoms with Crippen LogP contribution in [0, 0.1) is 5.92 Å². The predicted octanol–water partition coefficient (Wildman–Crippen LogP) is 3.55. The van der Waals surface area contributed by atoms with Gasteiger partial charge in [-0.3, -0.25) is 0 Å². The lowest BCUT2D eigenvalue weighted by molar-refractivity contribution is 0.0212. The zero-order valence-corrected chi connectivity index (χ0v) is 14.3. The predicted molar refractivity (Wildman–Crippen MR) is 85.4 cm³/mol. The Kier molecular flexibility index (Phi) is 5.18. The van der Waals surface area contributed by atoms with E-state index >= 15 is 0 Å². The molecule has 4 nitrogen and oxygen atoms in total. The van der Waals surface area contributed by atoms with Gasteiger partial charge in [0.15, 0.2) is 0 Å². The molecule has 0 aromatic rings. The number of nitrogens with zero attached hydrogens (tertiary/aromatic N) is 1. The molecule has 4 heteroatoms. The second-order valence-corrected chi connectivity index (χ2v) is 8.05. The zero-order chi connectivity index (χ0) is 15.6. The molecule has 2 aliphatic rings. The molecule has 2 atom stereocenters. The summed E-state index contributed by atoms with van der Waals surface area (Å²) >= 11 is 0. The van der Waals surface area contributed by atoms with Gasteiger partial charge in [0.2, 0.25) is 0 Å². The van der Waals surface area contributed by atoms with Gasteiger partial charge >= 0.3 is 6.09 Å². The molecule has 0 bridgehead atoms. The van der Waals surface area contributed by atoms with Crippen molar-refractivity contribution in [2.24, 2.45) is 5.92 Å². The Morgan fingerprint density at radius 2 is 2.05 bits per heavy atom. The minimum absolute atomic E-state index is 0.144. The van der Waals surface area contributed by atoms with Crippen LogP contribution in [-0.2, 0) is 4.74 Å². The van der Waals surface area contributed by atoms with Gasteiger partial charge in [-0.25, -0.2) is 4.79 Å². The first kappa shape index (κ1) is 16.6. The fraction of sp³-hybridized carbons (Fsp3) is 0.941. The van der Waals surface area contributed by atoms with E-state index in [0.29, 0.717) is 18.1 Å². The number of amides is 1. The molecule has 21 heavy (non-hydrogen) atoms. The molecule has 0 spiro atoms. The lowest BCUT2D eigenvalue weighted by Gasteiger charge is -2.37. The largest absolute Gasteiger partial charge is 0.444 e. The Bertz CT molecular complexity index is 358. The van der Waals surface area contributed by atoms with Gasteiger partial charge in [-0.2, -0.15) is 0 Å². The number of carbonyl (C=O) groups is 1. The maximum Gasteiger partial charge on any atom is 0.410 e. The number of likely N-dealkylation sites (tertiary alicyclic amines) is 1. The fourth-order valence-corrected chi connectivity index (χ4v) is 3.56. The Labute approximate surface area is 129 Å². The molecule has 1 amide bonds. The minimum Gasteiger partial charge on any atom is -0.444 e. The summed E-state index contributed by atoms with van der Waals surface area (Å²) in [7, 11) is 0. The van der Waals surface area contributed by atoms with Crippen LogP contribution in [0.3, 0.4) is 0 Å². The van der Waals surface area contributed by atoms with Crippen molar-refractivity contribution in [3.63, 3.8) is 0 Å². The summed E-state index contributed by atoms with van der Waals surface area (Å²) in [4.78, 5) is 14.2. The molecule has 0 aromatic heterocycles. The van der Waals surface area contributed by atoms with E-state index in [0.717, 1.165) is 31.7 Å². The monoisotopic (exact) mass is 296 g/mol. The summed E-state index contributed by atoms with van der Waals surface area (Å²) in [5.74, 6) is 0.874. The van der Waals surface area contributed by atoms with Crippen LogP contribution in [0.25, 0.3) is 0 Å². The number of hydrogen-bond donors (Lipinski definition) is 1. The van der Waals surface area contributed by atoms with Gasteiger partial charge in [0.1, 0.15) is 5.60 Å². The highest BCUT2D eigenvalue weighted by Gasteiger charge is 2.34. The lowest BCUT2D eigenvalue weighted by Crippen LogP contribution is -2.47. The van der Waals surface area contributed by atoms with Crippen molar-refractivity contribution in [2.75, 3.05) is 6.54 Å². The van der Waals surface area contributed by atoms with Gasteiger partial charge in [-0.1, -0.05) is 6.92 Å². The molecule has 1 aliphatic carbocycles. The molecule has 1 N–H and O–H groups in total. The van der Waals surface area contributed by atoms with E-state index in [1.54, 1.807) is 0 Å². The minimum atomic E-state index is -0.407. The Hall–Kier alpha value is -0.770. The molecule has 0 radical (unpaired) electrons. The maximum absolute atomic E-state index is 12.3. The van der Waals surface area contributed by atoms with Crippen LogP contribution < -0.4 is 5.32 Å². The Morgan fingerprint density at radius 3 is 2.62 bits per heavy atom. The first-order chi connectivity index (χ1) is 9.74. The van der Waals surface area contributed by atoms with Crippen molar-refractivity contribution in [2.45, 2.75) is 90.4 Å². The van der Waals surface area contributed by atoms with E-state index in [2.05, 4.69) is 19.2 Å². The van der Waals surface area contributed by atoms with Crippen molar-refractivity contribution >= 4 is 6.09 Å². The topological polar surface area (TPSA) is 41.6 Å². The lowest BCUT2D eigenvalue weighted by atomic mass is 9.81. The van der Waals surface area contributed by atoms with Crippen LogP contribution in [0.4, 0.5) is 4.79 Å². The molecular formula is C17H32N2O2. The Morgan fingerprint density at radius 1 is 1.38 bits per heavy atom. The normalized spacial score (nSPS) is 30.9. The third kappa shape index (κ3) is 4.87. The summed E-state index contributed by atoms with van der Waals surface area (Å²) in [6.07, 6.45) is 5.68. The summed E-state index contributed by atoms with van der Waals surface area (Å²) in [5.41, 5.74) is -0.407. The summed E-state index contributed by atoms with van der Waals surface area (Å²) in [6.45, 7) is 11.2. The van der Waals surface area contributed by atoms with Crippen LogP contribution >= 0.6 is 0 Å². The van der Waals surface area contributed by atoms with E-state index in [9.17, 15) is 4.79 Å². The van der Waals surface area contributed by atoms with E-state index in [4.69, 9.17) is 4.74 Å². The number of nitrogens with one attached hydrogen (secondary N) is 1. The van der Waals surface area contributed by atoms with E-state index in [1.165, 1.54) is 12.8 Å². The smallest absolute Gasteiger partial charge is 0.410 e. The van der Waals surface area contributed by atoms with Crippen molar-refractivity contribution < 1.29 is 9.53 Å². The molecule has 122 valence electrons. The van der Waals surface area contributed by atoms with E-state index in [-0.39, 0.29) is 6.09 Å². The molecule has 0 aromatic carbocycles. The molecule has 1 aliphatic heterocycles. The van der Waals surface area contributed by atoms with Crippen LogP contribution in [0.2, 0.25) is 0 Å². The fourth-order valence-electron chi connectivity index (χ4n) is 3.56. The van der Waals surface area contributed by atoms with Crippen LogP contribution in [-0.4, -0.2) is 41.3 Å². The molecule has 2 fully saturated rings. The first-order valence-electron chi connectivity index (χ1n) is 8.50. The van der Waals surface area contributed by atoms with Gasteiger partial charge in [0.05, 0.1) is 0 Å². The number of carbonyl (C=O) groups excluding carboxylic acids is 1. The highest BCUT2D eigenvalue weighted by Crippen LogP contribution is 2.28. The molecule has 1 saturated heterocycles. The van der Waals surface area contributed by atoms with Gasteiger partial charge in [0, 0.05) is 24.7 Å². The van der Waals surface area contributed by atoms with Gasteiger partial charge < -0.3 is 15.0 Å². The number of hydrogen-bond acceptors (Lipinski definition) is 3. The van der Waals surface area contributed by atoms with Crippen LogP contribution in [0.1, 0.15) is 66.7 Å². The first-order valence-corrected chi connectivity index (χ1v) is 8.50. The van der Waals surface area contributed by atoms with Crippen molar-refractivity contribution in [1.82, 2.24) is 10.2 Å². The quantitative estimate of drug-likeness (QED) is 0.862. The van der Waals surface area contributed by atoms with Gasteiger partial charge in [-0.05, 0) is 65.7 Å². The van der Waals surface area contributed by atoms with E-state index < -0.39 is 5.60 Å². The molecule has 2 rings (SSSR count). The summed E-state index contributed by atoms with van der Waals surface area (Å²) in [5, 5.41) is 3.70. The standard InChI is InChI=1S/C17H32N2O2/c1-12-9-14(10-12)18-13(2)11-15-7-6-8-19(15)16(20)21-17(3,4)5/h12-15,18H,6-11H2,1-5H3. The summed E-state index contributed by atoms with van der Waals surface area (Å²) in [6, 6.07) is 1.49. The zero-order valence-electron chi connectivity index (χ0n) is 14.3. The molecule has 1 heterocycles. The molecule has 2 unspecified atom stereocenters. The second kappa shape index (κ2) is 6.55. The van der Waals surface area contributed by atoms with Crippen molar-refractivity contribution in [3.8, 4) is 0 Å². The van der Waals surface area contributed by atoms with Crippen LogP contribution in [0.5, 0.6) is 0 Å². The highest BCUT2D eigenvalue weighted by atomic mass is 16.6. The van der Waals surface area contributed by atoms with E-state index in [1.807, 2.05) is 25.7 Å². The van der Waals surface area contributed by atoms with Crippen LogP contribution in [0.15, 0.2) is 0 Å². The molecule has 1 saturated carbocycles. The van der Waals surface area contributed by atoms with Gasteiger partial charge in [-0.15, -0.1) is 0 Å². The SMILES string of the molecule is CC1CC(NC(C)CC2CCCN2C(=O)OC(C)(C)C)C1. The highest BCUT2D eigenvalue weighted by molar-refractivity contribution is 5.68. The third-order valence-electron chi connectivity index (χ3n) is 4.52. The average molecular weight is 296 g/mol. The number of rotatable bonds is 4. The molecular weight excluding hydrogens is 264 g/mol. The average Bonchev–Trinajstić information content (AvgIpc) is 2.72. The second-order valence-electron chi connectivity index (χ2n) is 8.05. The van der Waals surface area contributed by atoms with Crippen molar-refractivity contribution in [1.29, 1.82) is 0 Å². The Balaban J connectivity index is 1.79. The third-order valence-corrected chi connectivity index (χ3v) is 4.52. The van der Waals surface area contributed by atoms with Crippen molar-refractivity contribution in [3.05, 3.63) is 0 Å².